The summed E-state index contributed by atoms with van der Waals surface area (Å²) in [5, 5.41) is 9.69. The summed E-state index contributed by atoms with van der Waals surface area (Å²) in [5.74, 6) is -1.27. The first-order valence-electron chi connectivity index (χ1n) is 9.84. The second-order valence-corrected chi connectivity index (χ2v) is 7.31. The highest BCUT2D eigenvalue weighted by molar-refractivity contribution is 6.33. The molecule has 0 saturated heterocycles. The van der Waals surface area contributed by atoms with Gasteiger partial charge < -0.3 is 15.4 Å². The number of ether oxygens (including phenoxy) is 1. The van der Waals surface area contributed by atoms with E-state index in [1.54, 1.807) is 28.9 Å². The number of esters is 1. The fourth-order valence-electron chi connectivity index (χ4n) is 2.95. The average molecular weight is 456 g/mol. The average Bonchev–Trinajstić information content (AvgIpc) is 3.10. The van der Waals surface area contributed by atoms with E-state index in [1.165, 1.54) is 12.1 Å². The summed E-state index contributed by atoms with van der Waals surface area (Å²) in [4.78, 5) is 40.9. The van der Waals surface area contributed by atoms with E-state index in [9.17, 15) is 14.4 Å². The SMILES string of the molecule is CCNC(=O)c1cccc(NC(=O)COC(=O)c2nc(-n3nc(C)cc3C)ccc2Cl)c1. The maximum Gasteiger partial charge on any atom is 0.359 e. The molecule has 0 saturated carbocycles. The summed E-state index contributed by atoms with van der Waals surface area (Å²) in [7, 11) is 0. The molecule has 0 unspecified atom stereocenters. The number of carbonyl (C=O) groups excluding carboxylic acids is 3. The molecule has 2 aromatic heterocycles. The van der Waals surface area contributed by atoms with Crippen molar-refractivity contribution in [3.8, 4) is 5.82 Å². The Morgan fingerprint density at radius 1 is 1.12 bits per heavy atom. The molecule has 10 heteroatoms. The van der Waals surface area contributed by atoms with E-state index >= 15 is 0 Å². The largest absolute Gasteiger partial charge is 0.451 e. The molecule has 3 aromatic rings. The Balaban J connectivity index is 1.65. The highest BCUT2D eigenvalue weighted by Crippen LogP contribution is 2.19. The molecule has 0 radical (unpaired) electrons. The third kappa shape index (κ3) is 5.50. The lowest BCUT2D eigenvalue weighted by atomic mass is 10.2. The molecule has 9 nitrogen and oxygen atoms in total. The van der Waals surface area contributed by atoms with Crippen LogP contribution in [0.4, 0.5) is 5.69 Å². The number of pyridine rings is 1. The number of hydrogen-bond donors (Lipinski definition) is 2. The van der Waals surface area contributed by atoms with Crippen LogP contribution in [-0.2, 0) is 9.53 Å². The standard InChI is InChI=1S/C22H22ClN5O4/c1-4-24-21(30)15-6-5-7-16(11-15)25-19(29)12-32-22(31)20-17(23)8-9-18(26-20)28-14(3)10-13(2)27-28/h5-11H,4,12H2,1-3H3,(H,24,30)(H,25,29). The van der Waals surface area contributed by atoms with Gasteiger partial charge in [-0.05, 0) is 57.2 Å². The van der Waals surface area contributed by atoms with Gasteiger partial charge in [0.15, 0.2) is 18.1 Å². The lowest BCUT2D eigenvalue weighted by Gasteiger charge is -2.10. The maximum absolute atomic E-state index is 12.5. The van der Waals surface area contributed by atoms with Gasteiger partial charge in [-0.2, -0.15) is 5.10 Å². The van der Waals surface area contributed by atoms with Crippen molar-refractivity contribution in [1.82, 2.24) is 20.1 Å². The zero-order valence-corrected chi connectivity index (χ0v) is 18.6. The van der Waals surface area contributed by atoms with E-state index in [-0.39, 0.29) is 16.6 Å². The van der Waals surface area contributed by atoms with Gasteiger partial charge in [-0.1, -0.05) is 17.7 Å². The molecule has 0 aliphatic rings. The first-order valence-corrected chi connectivity index (χ1v) is 10.2. The first-order chi connectivity index (χ1) is 15.3. The molecule has 0 spiro atoms. The molecule has 0 fully saturated rings. The smallest absolute Gasteiger partial charge is 0.359 e. The Kier molecular flexibility index (Phi) is 7.21. The zero-order chi connectivity index (χ0) is 23.3. The molecule has 0 aliphatic heterocycles. The molecule has 3 rings (SSSR count). The van der Waals surface area contributed by atoms with Gasteiger partial charge in [0.2, 0.25) is 0 Å². The summed E-state index contributed by atoms with van der Waals surface area (Å²) in [6.07, 6.45) is 0. The van der Waals surface area contributed by atoms with Crippen molar-refractivity contribution in [1.29, 1.82) is 0 Å². The summed E-state index contributed by atoms with van der Waals surface area (Å²) in [6.45, 7) is 5.46. The molecule has 1 aromatic carbocycles. The second-order valence-electron chi connectivity index (χ2n) is 6.90. The van der Waals surface area contributed by atoms with Crippen molar-refractivity contribution in [2.45, 2.75) is 20.8 Å². The minimum atomic E-state index is -0.843. The number of nitrogens with zero attached hydrogens (tertiary/aromatic N) is 3. The third-order valence-electron chi connectivity index (χ3n) is 4.33. The predicted octanol–water partition coefficient (Wildman–Crippen LogP) is 3.08. The van der Waals surface area contributed by atoms with Crippen molar-refractivity contribution in [3.63, 3.8) is 0 Å². The number of nitrogens with one attached hydrogen (secondary N) is 2. The van der Waals surface area contributed by atoms with Gasteiger partial charge in [-0.15, -0.1) is 0 Å². The minimum Gasteiger partial charge on any atom is -0.451 e. The maximum atomic E-state index is 12.5. The van der Waals surface area contributed by atoms with Gasteiger partial charge in [0.05, 0.1) is 10.7 Å². The van der Waals surface area contributed by atoms with Crippen LogP contribution in [0.25, 0.3) is 5.82 Å². The Labute approximate surface area is 189 Å². The number of aromatic nitrogens is 3. The van der Waals surface area contributed by atoms with Crippen LogP contribution in [0.15, 0.2) is 42.5 Å². The number of aryl methyl sites for hydroxylation is 2. The Morgan fingerprint density at radius 3 is 2.59 bits per heavy atom. The quantitative estimate of drug-likeness (QED) is 0.529. The number of hydrogen-bond acceptors (Lipinski definition) is 6. The van der Waals surface area contributed by atoms with E-state index in [4.69, 9.17) is 16.3 Å². The number of amides is 2. The summed E-state index contributed by atoms with van der Waals surface area (Å²) >= 11 is 6.11. The van der Waals surface area contributed by atoms with Gasteiger partial charge >= 0.3 is 5.97 Å². The molecule has 2 heterocycles. The van der Waals surface area contributed by atoms with Gasteiger partial charge in [0.1, 0.15) is 0 Å². The number of rotatable bonds is 7. The van der Waals surface area contributed by atoms with Crippen LogP contribution in [0.5, 0.6) is 0 Å². The van der Waals surface area contributed by atoms with E-state index in [1.807, 2.05) is 26.8 Å². The van der Waals surface area contributed by atoms with Crippen LogP contribution in [-0.4, -0.2) is 45.7 Å². The molecular formula is C22H22ClN5O4. The van der Waals surface area contributed by atoms with Gasteiger partial charge in [-0.3, -0.25) is 9.59 Å². The Bertz CT molecular complexity index is 1170. The van der Waals surface area contributed by atoms with Crippen LogP contribution >= 0.6 is 11.6 Å². The first kappa shape index (κ1) is 23.0. The van der Waals surface area contributed by atoms with E-state index in [0.717, 1.165) is 11.4 Å². The Morgan fingerprint density at radius 2 is 1.91 bits per heavy atom. The van der Waals surface area contributed by atoms with Gasteiger partial charge in [0.25, 0.3) is 11.8 Å². The second kappa shape index (κ2) is 10.1. The lowest BCUT2D eigenvalue weighted by molar-refractivity contribution is -0.119. The van der Waals surface area contributed by atoms with E-state index in [2.05, 4.69) is 20.7 Å². The topological polar surface area (TPSA) is 115 Å². The van der Waals surface area contributed by atoms with Crippen molar-refractivity contribution in [2.24, 2.45) is 0 Å². The number of benzene rings is 1. The van der Waals surface area contributed by atoms with Gasteiger partial charge in [0, 0.05) is 23.5 Å². The van der Waals surface area contributed by atoms with E-state index in [0.29, 0.717) is 23.6 Å². The molecule has 32 heavy (non-hydrogen) atoms. The monoisotopic (exact) mass is 455 g/mol. The number of halogens is 1. The molecular weight excluding hydrogens is 434 g/mol. The predicted molar refractivity (Wildman–Crippen MR) is 119 cm³/mol. The molecule has 0 bridgehead atoms. The molecule has 0 aliphatic carbocycles. The lowest BCUT2D eigenvalue weighted by Crippen LogP contribution is -2.24. The van der Waals surface area contributed by atoms with Crippen LogP contribution in [0.1, 0.15) is 39.2 Å². The van der Waals surface area contributed by atoms with Crippen LogP contribution in [0.2, 0.25) is 5.02 Å². The zero-order valence-electron chi connectivity index (χ0n) is 17.8. The number of anilines is 1. The normalized spacial score (nSPS) is 10.5. The fraction of sp³-hybridized carbons (Fsp3) is 0.227. The van der Waals surface area contributed by atoms with E-state index < -0.39 is 18.5 Å². The molecule has 2 N–H and O–H groups in total. The Hall–Kier alpha value is -3.72. The van der Waals surface area contributed by atoms with Crippen LogP contribution < -0.4 is 10.6 Å². The highest BCUT2D eigenvalue weighted by atomic mass is 35.5. The minimum absolute atomic E-state index is 0.0929. The summed E-state index contributed by atoms with van der Waals surface area (Å²) in [6, 6.07) is 11.4. The highest BCUT2D eigenvalue weighted by Gasteiger charge is 2.18. The van der Waals surface area contributed by atoms with Crippen LogP contribution in [0, 0.1) is 13.8 Å². The third-order valence-corrected chi connectivity index (χ3v) is 4.64. The van der Waals surface area contributed by atoms with Gasteiger partial charge in [-0.25, -0.2) is 14.5 Å². The number of carbonyl (C=O) groups is 3. The van der Waals surface area contributed by atoms with Crippen molar-refractivity contribution >= 4 is 35.1 Å². The van der Waals surface area contributed by atoms with Crippen LogP contribution in [0.3, 0.4) is 0 Å². The van der Waals surface area contributed by atoms with Crippen molar-refractivity contribution in [3.05, 3.63) is 70.1 Å². The summed E-state index contributed by atoms with van der Waals surface area (Å²) < 4.78 is 6.66. The van der Waals surface area contributed by atoms with Crippen molar-refractivity contribution < 1.29 is 19.1 Å². The van der Waals surface area contributed by atoms with Crippen molar-refractivity contribution in [2.75, 3.05) is 18.5 Å². The fourth-order valence-corrected chi connectivity index (χ4v) is 3.13. The summed E-state index contributed by atoms with van der Waals surface area (Å²) in [5.41, 5.74) is 2.32. The molecule has 0 atom stereocenters. The molecule has 166 valence electrons. The molecule has 2 amide bonds.